The van der Waals surface area contributed by atoms with Crippen molar-refractivity contribution in [2.75, 3.05) is 7.11 Å². The van der Waals surface area contributed by atoms with Gasteiger partial charge in [0, 0.05) is 16.8 Å². The van der Waals surface area contributed by atoms with Gasteiger partial charge in [-0.3, -0.25) is 4.79 Å². The SMILES string of the molecule is COC(=O)C1=C(N)Oc2cc(C)n(Cc3ccco3)c(=O)c2C1c1ccccc1Cl. The Morgan fingerprint density at radius 1 is 1.27 bits per heavy atom. The summed E-state index contributed by atoms with van der Waals surface area (Å²) >= 11 is 6.44. The molecule has 0 saturated carbocycles. The molecule has 0 saturated heterocycles. The van der Waals surface area contributed by atoms with E-state index in [1.54, 1.807) is 60.2 Å². The highest BCUT2D eigenvalue weighted by Crippen LogP contribution is 2.43. The summed E-state index contributed by atoms with van der Waals surface area (Å²) in [6.45, 7) is 2.02. The first-order chi connectivity index (χ1) is 14.4. The lowest BCUT2D eigenvalue weighted by Crippen LogP contribution is -2.35. The highest BCUT2D eigenvalue weighted by Gasteiger charge is 2.39. The summed E-state index contributed by atoms with van der Waals surface area (Å²) in [4.78, 5) is 26.2. The summed E-state index contributed by atoms with van der Waals surface area (Å²) in [6.07, 6.45) is 1.54. The van der Waals surface area contributed by atoms with Gasteiger partial charge in [0.05, 0.1) is 31.4 Å². The highest BCUT2D eigenvalue weighted by molar-refractivity contribution is 6.31. The number of fused-ring (bicyclic) bond motifs is 1. The topological polar surface area (TPSA) is 96.7 Å². The van der Waals surface area contributed by atoms with E-state index in [1.807, 2.05) is 0 Å². The molecule has 1 atom stereocenters. The maximum Gasteiger partial charge on any atom is 0.340 e. The number of esters is 1. The number of methoxy groups -OCH3 is 1. The summed E-state index contributed by atoms with van der Waals surface area (Å²) in [5, 5.41) is 0.391. The number of pyridine rings is 1. The molecule has 2 aromatic heterocycles. The van der Waals surface area contributed by atoms with Gasteiger partial charge in [-0.25, -0.2) is 4.79 Å². The molecule has 0 amide bonds. The van der Waals surface area contributed by atoms with Crippen LogP contribution in [0.5, 0.6) is 5.75 Å². The molecule has 2 N–H and O–H groups in total. The largest absolute Gasteiger partial charge is 0.467 e. The number of rotatable bonds is 4. The van der Waals surface area contributed by atoms with Crippen LogP contribution in [0.1, 0.15) is 28.5 Å². The lowest BCUT2D eigenvalue weighted by molar-refractivity contribution is -0.136. The van der Waals surface area contributed by atoms with Crippen LogP contribution in [0, 0.1) is 6.92 Å². The van der Waals surface area contributed by atoms with Crippen molar-refractivity contribution < 1.29 is 18.7 Å². The van der Waals surface area contributed by atoms with E-state index in [9.17, 15) is 9.59 Å². The average Bonchev–Trinajstić information content (AvgIpc) is 3.23. The number of hydrogen-bond donors (Lipinski definition) is 1. The van der Waals surface area contributed by atoms with Crippen LogP contribution in [0.2, 0.25) is 5.02 Å². The normalized spacial score (nSPS) is 15.5. The quantitative estimate of drug-likeness (QED) is 0.643. The number of nitrogens with zero attached hydrogens (tertiary/aromatic N) is 1. The fourth-order valence-electron chi connectivity index (χ4n) is 3.67. The molecule has 0 radical (unpaired) electrons. The number of carbonyl (C=O) groups is 1. The lowest BCUT2D eigenvalue weighted by atomic mass is 9.83. The predicted octanol–water partition coefficient (Wildman–Crippen LogP) is 3.32. The van der Waals surface area contributed by atoms with Crippen LogP contribution >= 0.6 is 11.6 Å². The summed E-state index contributed by atoms with van der Waals surface area (Å²) < 4.78 is 17.6. The molecular formula is C22H19ClN2O5. The molecule has 30 heavy (non-hydrogen) atoms. The van der Waals surface area contributed by atoms with Gasteiger partial charge in [-0.2, -0.15) is 0 Å². The van der Waals surface area contributed by atoms with Crippen LogP contribution in [0.15, 0.2) is 69.4 Å². The third-order valence-electron chi connectivity index (χ3n) is 5.09. The van der Waals surface area contributed by atoms with Gasteiger partial charge in [0.2, 0.25) is 5.88 Å². The van der Waals surface area contributed by atoms with E-state index >= 15 is 0 Å². The van der Waals surface area contributed by atoms with Crippen molar-refractivity contribution in [3.63, 3.8) is 0 Å². The molecule has 154 valence electrons. The lowest BCUT2D eigenvalue weighted by Gasteiger charge is -2.29. The Kier molecular flexibility index (Phi) is 5.13. The number of benzene rings is 1. The zero-order chi connectivity index (χ0) is 21.4. The van der Waals surface area contributed by atoms with Crippen LogP contribution in [0.25, 0.3) is 0 Å². The van der Waals surface area contributed by atoms with E-state index in [0.29, 0.717) is 22.0 Å². The highest BCUT2D eigenvalue weighted by atomic mass is 35.5. The standard InChI is InChI=1S/C22H19ClN2O5/c1-12-10-16-18(21(26)25(12)11-13-6-5-9-29-13)17(14-7-3-4-8-15(14)23)19(20(24)30-16)22(27)28-2/h3-10,17H,11,24H2,1-2H3. The predicted molar refractivity (Wildman–Crippen MR) is 110 cm³/mol. The minimum Gasteiger partial charge on any atom is -0.467 e. The number of hydrogen-bond acceptors (Lipinski definition) is 6. The van der Waals surface area contributed by atoms with Gasteiger partial charge in [-0.05, 0) is 30.7 Å². The van der Waals surface area contributed by atoms with E-state index in [2.05, 4.69) is 0 Å². The first-order valence-electron chi connectivity index (χ1n) is 9.19. The number of furan rings is 1. The maximum absolute atomic E-state index is 13.6. The molecule has 4 rings (SSSR count). The van der Waals surface area contributed by atoms with E-state index in [0.717, 1.165) is 0 Å². The van der Waals surface area contributed by atoms with E-state index in [-0.39, 0.29) is 34.9 Å². The van der Waals surface area contributed by atoms with Gasteiger partial charge in [0.15, 0.2) is 0 Å². The Hall–Kier alpha value is -3.45. The van der Waals surface area contributed by atoms with Crippen LogP contribution in [0.3, 0.4) is 0 Å². The van der Waals surface area contributed by atoms with Crippen LogP contribution in [-0.2, 0) is 16.1 Å². The average molecular weight is 427 g/mol. The molecule has 0 bridgehead atoms. The molecule has 1 unspecified atom stereocenters. The second-order valence-electron chi connectivity index (χ2n) is 6.86. The minimum atomic E-state index is -0.842. The molecular weight excluding hydrogens is 408 g/mol. The van der Waals surface area contributed by atoms with E-state index in [1.165, 1.54) is 7.11 Å². The number of aromatic nitrogens is 1. The summed E-state index contributed by atoms with van der Waals surface area (Å²) in [5.41, 5.74) is 7.25. The number of halogens is 1. The Morgan fingerprint density at radius 3 is 2.70 bits per heavy atom. The summed E-state index contributed by atoms with van der Waals surface area (Å²) in [7, 11) is 1.24. The number of nitrogens with two attached hydrogens (primary N) is 1. The summed E-state index contributed by atoms with van der Waals surface area (Å²) in [5.74, 6) is -0.758. The van der Waals surface area contributed by atoms with Gasteiger partial charge in [-0.15, -0.1) is 0 Å². The van der Waals surface area contributed by atoms with Crippen molar-refractivity contribution in [3.8, 4) is 5.75 Å². The van der Waals surface area contributed by atoms with Gasteiger partial charge < -0.3 is 24.2 Å². The molecule has 1 aliphatic rings. The van der Waals surface area contributed by atoms with Gasteiger partial charge >= 0.3 is 5.97 Å². The van der Waals surface area contributed by atoms with Crippen molar-refractivity contribution in [3.05, 3.63) is 98.1 Å². The van der Waals surface area contributed by atoms with Crippen LogP contribution in [-0.4, -0.2) is 17.6 Å². The fraction of sp³-hybridized carbons (Fsp3) is 0.182. The zero-order valence-corrected chi connectivity index (χ0v) is 17.1. The molecule has 3 aromatic rings. The van der Waals surface area contributed by atoms with Gasteiger partial charge in [-0.1, -0.05) is 29.8 Å². The number of ether oxygens (including phenoxy) is 2. The van der Waals surface area contributed by atoms with Crippen molar-refractivity contribution in [1.29, 1.82) is 0 Å². The molecule has 3 heterocycles. The van der Waals surface area contributed by atoms with Crippen LogP contribution < -0.4 is 16.0 Å². The fourth-order valence-corrected chi connectivity index (χ4v) is 3.91. The molecule has 0 spiro atoms. The molecule has 0 aliphatic carbocycles. The molecule has 0 fully saturated rings. The van der Waals surface area contributed by atoms with E-state index in [4.69, 9.17) is 31.2 Å². The minimum absolute atomic E-state index is 0.0311. The first kappa shape index (κ1) is 19.8. The summed E-state index contributed by atoms with van der Waals surface area (Å²) in [6, 6.07) is 12.2. The van der Waals surface area contributed by atoms with Crippen molar-refractivity contribution >= 4 is 17.6 Å². The first-order valence-corrected chi connectivity index (χ1v) is 9.57. The third kappa shape index (κ3) is 3.27. The van der Waals surface area contributed by atoms with Gasteiger partial charge in [0.1, 0.15) is 17.1 Å². The second kappa shape index (κ2) is 7.76. The molecule has 1 aliphatic heterocycles. The third-order valence-corrected chi connectivity index (χ3v) is 5.43. The van der Waals surface area contributed by atoms with E-state index < -0.39 is 11.9 Å². The second-order valence-corrected chi connectivity index (χ2v) is 7.27. The van der Waals surface area contributed by atoms with Crippen molar-refractivity contribution in [2.45, 2.75) is 19.4 Å². The monoisotopic (exact) mass is 426 g/mol. The number of aryl methyl sites for hydroxylation is 1. The molecule has 8 heteroatoms. The van der Waals surface area contributed by atoms with Gasteiger partial charge in [0.25, 0.3) is 5.56 Å². The Morgan fingerprint density at radius 2 is 2.03 bits per heavy atom. The Bertz CT molecular complexity index is 1210. The molecule has 1 aromatic carbocycles. The molecule has 7 nitrogen and oxygen atoms in total. The number of carbonyl (C=O) groups excluding carboxylic acids is 1. The van der Waals surface area contributed by atoms with Crippen LogP contribution in [0.4, 0.5) is 0 Å². The zero-order valence-electron chi connectivity index (χ0n) is 16.3. The Balaban J connectivity index is 1.99. The smallest absolute Gasteiger partial charge is 0.340 e. The van der Waals surface area contributed by atoms with Crippen molar-refractivity contribution in [1.82, 2.24) is 4.57 Å². The Labute approximate surface area is 177 Å². The maximum atomic E-state index is 13.6. The van der Waals surface area contributed by atoms with Crippen molar-refractivity contribution in [2.24, 2.45) is 5.73 Å².